The monoisotopic (exact) mass is 452 g/mol. The number of carbonyl (C=O) groups excluding carboxylic acids is 2. The molecule has 1 aliphatic rings. The Kier molecular flexibility index (Phi) is 7.26. The molecule has 3 rings (SSSR count). The summed E-state index contributed by atoms with van der Waals surface area (Å²) in [7, 11) is 0. The van der Waals surface area contributed by atoms with Crippen molar-refractivity contribution in [1.82, 2.24) is 9.78 Å². The first-order chi connectivity index (χ1) is 15.2. The van der Waals surface area contributed by atoms with Crippen LogP contribution in [-0.2, 0) is 27.1 Å². The van der Waals surface area contributed by atoms with Crippen LogP contribution in [0.15, 0.2) is 36.5 Å². The minimum atomic E-state index is -4.78. The zero-order chi connectivity index (χ0) is 23.4. The Morgan fingerprint density at radius 1 is 1.12 bits per heavy atom. The molecule has 0 atom stereocenters. The van der Waals surface area contributed by atoms with Crippen LogP contribution in [0.25, 0.3) is 0 Å². The van der Waals surface area contributed by atoms with Crippen molar-refractivity contribution in [2.75, 3.05) is 6.61 Å². The first-order valence-electron chi connectivity index (χ1n) is 10.7. The van der Waals surface area contributed by atoms with Crippen LogP contribution in [0.3, 0.4) is 0 Å². The lowest BCUT2D eigenvalue weighted by atomic mass is 9.70. The standard InChI is InChI=1S/C23H27F3N2O4/c1-3-22(21(30)31-4-2)12-10-17(11-13-22)28-19(23(24,25)26)18(14-27-28)20(29)32-15-16-8-6-5-7-9-16/h5-9,14,17H,3-4,10-13,15H2,1-2H3/t17-,22-. The lowest BCUT2D eigenvalue weighted by molar-refractivity contribution is -0.159. The molecule has 1 aromatic heterocycles. The van der Waals surface area contributed by atoms with Crippen LogP contribution in [0.4, 0.5) is 13.2 Å². The second-order valence-electron chi connectivity index (χ2n) is 8.00. The van der Waals surface area contributed by atoms with Crippen LogP contribution >= 0.6 is 0 Å². The van der Waals surface area contributed by atoms with Gasteiger partial charge in [0.15, 0.2) is 5.69 Å². The van der Waals surface area contributed by atoms with Gasteiger partial charge in [-0.3, -0.25) is 9.48 Å². The summed E-state index contributed by atoms with van der Waals surface area (Å²) in [5.41, 5.74) is -1.73. The number of esters is 2. The molecule has 1 aromatic carbocycles. The molecule has 1 heterocycles. The van der Waals surface area contributed by atoms with Gasteiger partial charge >= 0.3 is 18.1 Å². The van der Waals surface area contributed by atoms with Gasteiger partial charge in [0.25, 0.3) is 0 Å². The zero-order valence-corrected chi connectivity index (χ0v) is 18.2. The molecular formula is C23H27F3N2O4. The maximum absolute atomic E-state index is 13.9. The van der Waals surface area contributed by atoms with Gasteiger partial charge in [0.1, 0.15) is 12.2 Å². The van der Waals surface area contributed by atoms with Crippen molar-refractivity contribution >= 4 is 11.9 Å². The highest BCUT2D eigenvalue weighted by Crippen LogP contribution is 2.46. The van der Waals surface area contributed by atoms with Crippen molar-refractivity contribution in [3.8, 4) is 0 Å². The number of rotatable bonds is 7. The lowest BCUT2D eigenvalue weighted by Crippen LogP contribution is -2.37. The van der Waals surface area contributed by atoms with Crippen LogP contribution in [0.5, 0.6) is 0 Å². The Bertz CT molecular complexity index is 932. The molecule has 1 aliphatic carbocycles. The Hall–Kier alpha value is -2.84. The van der Waals surface area contributed by atoms with E-state index in [1.807, 2.05) is 6.92 Å². The molecule has 2 aromatic rings. The van der Waals surface area contributed by atoms with E-state index in [4.69, 9.17) is 9.47 Å². The number of hydrogen-bond acceptors (Lipinski definition) is 5. The van der Waals surface area contributed by atoms with Gasteiger partial charge in [-0.25, -0.2) is 4.79 Å². The van der Waals surface area contributed by atoms with Crippen LogP contribution < -0.4 is 0 Å². The Morgan fingerprint density at radius 2 is 1.78 bits per heavy atom. The van der Waals surface area contributed by atoms with Crippen LogP contribution in [0.2, 0.25) is 0 Å². The highest BCUT2D eigenvalue weighted by molar-refractivity contribution is 5.90. The van der Waals surface area contributed by atoms with Crippen LogP contribution in [0, 0.1) is 5.41 Å². The Labute approximate surface area is 184 Å². The summed E-state index contributed by atoms with van der Waals surface area (Å²) < 4.78 is 53.0. The lowest BCUT2D eigenvalue weighted by Gasteiger charge is -2.37. The van der Waals surface area contributed by atoms with Gasteiger partial charge in [-0.15, -0.1) is 0 Å². The van der Waals surface area contributed by atoms with E-state index in [-0.39, 0.29) is 19.2 Å². The maximum Gasteiger partial charge on any atom is 0.433 e. The van der Waals surface area contributed by atoms with E-state index in [0.29, 0.717) is 37.7 Å². The van der Waals surface area contributed by atoms with Gasteiger partial charge in [-0.05, 0) is 44.6 Å². The molecule has 0 N–H and O–H groups in total. The topological polar surface area (TPSA) is 70.4 Å². The average molecular weight is 452 g/mol. The summed E-state index contributed by atoms with van der Waals surface area (Å²) in [5, 5.41) is 3.92. The number of ether oxygens (including phenoxy) is 2. The van der Waals surface area contributed by atoms with Gasteiger partial charge in [0.05, 0.1) is 24.3 Å². The Morgan fingerprint density at radius 3 is 2.34 bits per heavy atom. The van der Waals surface area contributed by atoms with Crippen LogP contribution in [-0.4, -0.2) is 28.3 Å². The molecule has 0 unspecified atom stereocenters. The molecule has 174 valence electrons. The number of alkyl halides is 3. The van der Waals surface area contributed by atoms with Gasteiger partial charge in [-0.2, -0.15) is 18.3 Å². The highest BCUT2D eigenvalue weighted by Gasteiger charge is 2.46. The molecule has 0 amide bonds. The number of halogens is 3. The first kappa shape index (κ1) is 23.8. The molecule has 6 nitrogen and oxygen atoms in total. The van der Waals surface area contributed by atoms with E-state index < -0.39 is 34.9 Å². The summed E-state index contributed by atoms with van der Waals surface area (Å²) in [6.07, 6.45) is -1.84. The molecule has 32 heavy (non-hydrogen) atoms. The number of nitrogens with zero attached hydrogens (tertiary/aromatic N) is 2. The molecule has 0 spiro atoms. The van der Waals surface area contributed by atoms with Crippen molar-refractivity contribution in [3.05, 3.63) is 53.3 Å². The fourth-order valence-corrected chi connectivity index (χ4v) is 4.26. The third kappa shape index (κ3) is 4.97. The second-order valence-corrected chi connectivity index (χ2v) is 8.00. The van der Waals surface area contributed by atoms with Gasteiger partial charge in [0.2, 0.25) is 0 Å². The number of carbonyl (C=O) groups is 2. The first-order valence-corrected chi connectivity index (χ1v) is 10.7. The van der Waals surface area contributed by atoms with Crippen molar-refractivity contribution in [2.24, 2.45) is 5.41 Å². The molecule has 0 radical (unpaired) electrons. The van der Waals surface area contributed by atoms with Crippen LogP contribution in [0.1, 0.15) is 73.6 Å². The maximum atomic E-state index is 13.9. The quantitative estimate of drug-likeness (QED) is 0.531. The third-order valence-electron chi connectivity index (χ3n) is 6.14. The van der Waals surface area contributed by atoms with Gasteiger partial charge in [-0.1, -0.05) is 37.3 Å². The predicted octanol–water partition coefficient (Wildman–Crippen LogP) is 5.33. The minimum Gasteiger partial charge on any atom is -0.466 e. The summed E-state index contributed by atoms with van der Waals surface area (Å²) in [6.45, 7) is 3.73. The molecular weight excluding hydrogens is 425 g/mol. The van der Waals surface area contributed by atoms with E-state index in [1.165, 1.54) is 0 Å². The number of hydrogen-bond donors (Lipinski definition) is 0. The van der Waals surface area contributed by atoms with Gasteiger partial charge < -0.3 is 9.47 Å². The molecule has 1 fully saturated rings. The molecule has 0 bridgehead atoms. The fraction of sp³-hybridized carbons (Fsp3) is 0.522. The summed E-state index contributed by atoms with van der Waals surface area (Å²) >= 11 is 0. The number of benzene rings is 1. The van der Waals surface area contributed by atoms with Crippen molar-refractivity contribution in [3.63, 3.8) is 0 Å². The van der Waals surface area contributed by atoms with E-state index in [0.717, 1.165) is 10.9 Å². The SMILES string of the molecule is CCOC(=O)[C@]1(CC)CC[C@@H](n2ncc(C(=O)OCc3ccccc3)c2C(F)(F)F)CC1. The van der Waals surface area contributed by atoms with Crippen molar-refractivity contribution in [1.29, 1.82) is 0 Å². The molecule has 9 heteroatoms. The zero-order valence-electron chi connectivity index (χ0n) is 18.2. The predicted molar refractivity (Wildman–Crippen MR) is 110 cm³/mol. The van der Waals surface area contributed by atoms with E-state index in [1.54, 1.807) is 37.3 Å². The Balaban J connectivity index is 1.79. The molecule has 0 saturated heterocycles. The summed E-state index contributed by atoms with van der Waals surface area (Å²) in [5.74, 6) is -1.37. The summed E-state index contributed by atoms with van der Waals surface area (Å²) in [6, 6.07) is 8.14. The smallest absolute Gasteiger partial charge is 0.433 e. The largest absolute Gasteiger partial charge is 0.466 e. The van der Waals surface area contributed by atoms with Gasteiger partial charge in [0, 0.05) is 0 Å². The molecule has 1 saturated carbocycles. The average Bonchev–Trinajstić information content (AvgIpc) is 3.24. The third-order valence-corrected chi connectivity index (χ3v) is 6.14. The summed E-state index contributed by atoms with van der Waals surface area (Å²) in [4.78, 5) is 24.9. The van der Waals surface area contributed by atoms with E-state index in [2.05, 4.69) is 5.10 Å². The second kappa shape index (κ2) is 9.75. The van der Waals surface area contributed by atoms with Crippen molar-refractivity contribution < 1.29 is 32.2 Å². The van der Waals surface area contributed by atoms with Crippen molar-refractivity contribution in [2.45, 2.75) is 64.8 Å². The number of aromatic nitrogens is 2. The van der Waals surface area contributed by atoms with E-state index in [9.17, 15) is 22.8 Å². The van der Waals surface area contributed by atoms with E-state index >= 15 is 0 Å². The highest BCUT2D eigenvalue weighted by atomic mass is 19.4. The normalized spacial score (nSPS) is 21.2. The minimum absolute atomic E-state index is 0.135. The fourth-order valence-electron chi connectivity index (χ4n) is 4.26. The molecule has 0 aliphatic heterocycles.